The highest BCUT2D eigenvalue weighted by Gasteiger charge is 2.55. The van der Waals surface area contributed by atoms with E-state index in [1.54, 1.807) is 7.05 Å². The zero-order chi connectivity index (χ0) is 8.60. The van der Waals surface area contributed by atoms with Crippen LogP contribution in [-0.2, 0) is 0 Å². The van der Waals surface area contributed by atoms with Crippen LogP contribution in [0.2, 0.25) is 0 Å². The molecule has 0 radical (unpaired) electrons. The fraction of sp³-hybridized carbons (Fsp3) is 0.889. The second-order valence-electron chi connectivity index (χ2n) is 4.05. The van der Waals surface area contributed by atoms with Crippen molar-refractivity contribution >= 4 is 6.03 Å². The predicted octanol–water partition coefficient (Wildman–Crippen LogP) is 1.25. The Bertz CT molecular complexity index is 197. The molecule has 2 aliphatic carbocycles. The number of amides is 2. The number of urea groups is 1. The molecule has 1 spiro atoms. The maximum absolute atomic E-state index is 11.0. The molecule has 1 unspecified atom stereocenters. The Labute approximate surface area is 72.9 Å². The maximum atomic E-state index is 11.0. The van der Waals surface area contributed by atoms with E-state index in [-0.39, 0.29) is 6.03 Å². The van der Waals surface area contributed by atoms with Crippen LogP contribution in [0.1, 0.15) is 32.1 Å². The van der Waals surface area contributed by atoms with Gasteiger partial charge in [0.1, 0.15) is 0 Å². The summed E-state index contributed by atoms with van der Waals surface area (Å²) in [5.41, 5.74) is 0.520. The molecule has 2 aliphatic rings. The minimum Gasteiger partial charge on any atom is -0.341 e. The summed E-state index contributed by atoms with van der Waals surface area (Å²) in [5.74, 6) is 0. The highest BCUT2D eigenvalue weighted by atomic mass is 16.2. The first-order valence-electron chi connectivity index (χ1n) is 4.75. The lowest BCUT2D eigenvalue weighted by atomic mass is 10.1. The quantitative estimate of drug-likeness (QED) is 0.608. The van der Waals surface area contributed by atoms with Crippen LogP contribution in [-0.4, -0.2) is 19.1 Å². The summed E-state index contributed by atoms with van der Waals surface area (Å²) in [6.07, 6.45) is 6.56. The lowest BCUT2D eigenvalue weighted by Crippen LogP contribution is -2.36. The molecule has 2 rings (SSSR count). The van der Waals surface area contributed by atoms with E-state index in [2.05, 4.69) is 10.6 Å². The molecule has 1 atom stereocenters. The lowest BCUT2D eigenvalue weighted by molar-refractivity contribution is 0.240. The van der Waals surface area contributed by atoms with Crippen molar-refractivity contribution in [1.29, 1.82) is 0 Å². The zero-order valence-electron chi connectivity index (χ0n) is 7.52. The van der Waals surface area contributed by atoms with Gasteiger partial charge in [-0.25, -0.2) is 4.79 Å². The third-order valence-corrected chi connectivity index (χ3v) is 3.32. The van der Waals surface area contributed by atoms with Crippen LogP contribution in [0.25, 0.3) is 0 Å². The molecule has 0 saturated heterocycles. The molecule has 2 amide bonds. The summed E-state index contributed by atoms with van der Waals surface area (Å²) in [7, 11) is 1.67. The standard InChI is InChI=1S/C9H16N2O/c1-10-8(12)11-7-6-9(7)4-2-3-5-9/h7H,2-6H2,1H3,(H2,10,11,12). The minimum absolute atomic E-state index is 0.0243. The second kappa shape index (κ2) is 2.64. The number of hydrogen-bond acceptors (Lipinski definition) is 1. The van der Waals surface area contributed by atoms with Crippen molar-refractivity contribution in [3.63, 3.8) is 0 Å². The van der Waals surface area contributed by atoms with Crippen molar-refractivity contribution in [2.24, 2.45) is 5.41 Å². The van der Waals surface area contributed by atoms with Crippen molar-refractivity contribution < 1.29 is 4.79 Å². The van der Waals surface area contributed by atoms with Gasteiger partial charge in [0.15, 0.2) is 0 Å². The van der Waals surface area contributed by atoms with Gasteiger partial charge < -0.3 is 10.6 Å². The first-order valence-corrected chi connectivity index (χ1v) is 4.75. The molecule has 0 aromatic heterocycles. The van der Waals surface area contributed by atoms with Gasteiger partial charge in [0.2, 0.25) is 0 Å². The normalized spacial score (nSPS) is 30.2. The van der Waals surface area contributed by atoms with E-state index in [4.69, 9.17) is 0 Å². The molecular weight excluding hydrogens is 152 g/mol. The Balaban J connectivity index is 1.83. The van der Waals surface area contributed by atoms with Gasteiger partial charge in [-0.2, -0.15) is 0 Å². The summed E-state index contributed by atoms with van der Waals surface area (Å²) < 4.78 is 0. The zero-order valence-corrected chi connectivity index (χ0v) is 7.52. The van der Waals surface area contributed by atoms with Crippen LogP contribution in [0.3, 0.4) is 0 Å². The molecular formula is C9H16N2O. The Kier molecular flexibility index (Phi) is 1.74. The van der Waals surface area contributed by atoms with E-state index in [0.717, 1.165) is 0 Å². The van der Waals surface area contributed by atoms with Gasteiger partial charge >= 0.3 is 6.03 Å². The second-order valence-corrected chi connectivity index (χ2v) is 4.05. The third-order valence-electron chi connectivity index (χ3n) is 3.32. The molecule has 0 aromatic carbocycles. The fourth-order valence-electron chi connectivity index (χ4n) is 2.41. The molecule has 0 aliphatic heterocycles. The average molecular weight is 168 g/mol. The van der Waals surface area contributed by atoms with E-state index < -0.39 is 0 Å². The predicted molar refractivity (Wildman–Crippen MR) is 46.9 cm³/mol. The molecule has 3 nitrogen and oxygen atoms in total. The lowest BCUT2D eigenvalue weighted by Gasteiger charge is -2.08. The van der Waals surface area contributed by atoms with Gasteiger partial charge in [-0.15, -0.1) is 0 Å². The minimum atomic E-state index is -0.0243. The smallest absolute Gasteiger partial charge is 0.314 e. The van der Waals surface area contributed by atoms with Gasteiger partial charge in [0, 0.05) is 13.1 Å². The first-order chi connectivity index (χ1) is 5.77. The summed E-state index contributed by atoms with van der Waals surface area (Å²) >= 11 is 0. The number of nitrogens with one attached hydrogen (secondary N) is 2. The Morgan fingerprint density at radius 1 is 1.42 bits per heavy atom. The van der Waals surface area contributed by atoms with Crippen LogP contribution in [0.5, 0.6) is 0 Å². The highest BCUT2D eigenvalue weighted by Crippen LogP contribution is 2.57. The number of rotatable bonds is 1. The van der Waals surface area contributed by atoms with Gasteiger partial charge in [-0.1, -0.05) is 12.8 Å². The largest absolute Gasteiger partial charge is 0.341 e. The molecule has 2 saturated carbocycles. The van der Waals surface area contributed by atoms with Crippen LogP contribution >= 0.6 is 0 Å². The van der Waals surface area contributed by atoms with Crippen molar-refractivity contribution in [2.75, 3.05) is 7.05 Å². The summed E-state index contributed by atoms with van der Waals surface area (Å²) in [5, 5.41) is 5.58. The van der Waals surface area contributed by atoms with E-state index in [1.807, 2.05) is 0 Å². The maximum Gasteiger partial charge on any atom is 0.314 e. The summed E-state index contributed by atoms with van der Waals surface area (Å²) in [4.78, 5) is 11.0. The topological polar surface area (TPSA) is 41.1 Å². The summed E-state index contributed by atoms with van der Waals surface area (Å²) in [6, 6.07) is 0.448. The molecule has 0 heterocycles. The number of carbonyl (C=O) groups excluding carboxylic acids is 1. The average Bonchev–Trinajstić information content (AvgIpc) is 2.51. The van der Waals surface area contributed by atoms with Gasteiger partial charge in [0.05, 0.1) is 0 Å². The van der Waals surface area contributed by atoms with E-state index in [1.165, 1.54) is 32.1 Å². The summed E-state index contributed by atoms with van der Waals surface area (Å²) in [6.45, 7) is 0. The monoisotopic (exact) mass is 168 g/mol. The molecule has 0 bridgehead atoms. The van der Waals surface area contributed by atoms with Gasteiger partial charge in [0.25, 0.3) is 0 Å². The van der Waals surface area contributed by atoms with Crippen LogP contribution < -0.4 is 10.6 Å². The Morgan fingerprint density at radius 3 is 2.67 bits per heavy atom. The van der Waals surface area contributed by atoms with E-state index >= 15 is 0 Å². The molecule has 2 N–H and O–H groups in total. The Hall–Kier alpha value is -0.730. The van der Waals surface area contributed by atoms with Gasteiger partial charge in [-0.05, 0) is 24.7 Å². The first kappa shape index (κ1) is 7.90. The van der Waals surface area contributed by atoms with E-state index in [9.17, 15) is 4.79 Å². The SMILES string of the molecule is CNC(=O)NC1CC12CCCC2. The van der Waals surface area contributed by atoms with Crippen LogP contribution in [0.15, 0.2) is 0 Å². The number of hydrogen-bond donors (Lipinski definition) is 2. The van der Waals surface area contributed by atoms with E-state index in [0.29, 0.717) is 11.5 Å². The Morgan fingerprint density at radius 2 is 2.08 bits per heavy atom. The molecule has 0 aromatic rings. The fourth-order valence-corrected chi connectivity index (χ4v) is 2.41. The van der Waals surface area contributed by atoms with Crippen molar-refractivity contribution in [3.05, 3.63) is 0 Å². The molecule has 2 fully saturated rings. The number of carbonyl (C=O) groups is 1. The molecule has 3 heteroatoms. The van der Waals surface area contributed by atoms with Gasteiger partial charge in [-0.3, -0.25) is 0 Å². The van der Waals surface area contributed by atoms with Crippen molar-refractivity contribution in [1.82, 2.24) is 10.6 Å². The highest BCUT2D eigenvalue weighted by molar-refractivity contribution is 5.74. The van der Waals surface area contributed by atoms with Crippen LogP contribution in [0, 0.1) is 5.41 Å². The van der Waals surface area contributed by atoms with Crippen LogP contribution in [0.4, 0.5) is 4.79 Å². The van der Waals surface area contributed by atoms with Crippen molar-refractivity contribution in [2.45, 2.75) is 38.1 Å². The third kappa shape index (κ3) is 1.17. The van der Waals surface area contributed by atoms with Crippen molar-refractivity contribution in [3.8, 4) is 0 Å². The molecule has 68 valence electrons. The molecule has 12 heavy (non-hydrogen) atoms.